The second-order valence-electron chi connectivity index (χ2n) is 1.38. The standard InChI is InChI=1S/C5H5NOS.Mg.2H2S.2H/c7-6-4-2-1-3-5(6)8;;;;;/h1-4,7H;;2*1H2;;/q;+2;;;2*-1. The van der Waals surface area contributed by atoms with Crippen LogP contribution in [-0.2, 0) is 0 Å². The molecule has 0 aromatic carbocycles. The van der Waals surface area contributed by atoms with Crippen molar-refractivity contribution in [2.45, 2.75) is 0 Å². The van der Waals surface area contributed by atoms with Crippen LogP contribution in [0.2, 0.25) is 0 Å². The van der Waals surface area contributed by atoms with Gasteiger partial charge in [-0.25, -0.2) is 0 Å². The van der Waals surface area contributed by atoms with Gasteiger partial charge in [-0.1, -0.05) is 18.3 Å². The van der Waals surface area contributed by atoms with E-state index in [1.54, 1.807) is 18.2 Å². The Morgan fingerprint density at radius 2 is 1.91 bits per heavy atom. The summed E-state index contributed by atoms with van der Waals surface area (Å²) in [4.78, 5) is 0. The Labute approximate surface area is 104 Å². The second kappa shape index (κ2) is 8.73. The maximum absolute atomic E-state index is 8.73. The van der Waals surface area contributed by atoms with Crippen molar-refractivity contribution in [3.05, 3.63) is 29.0 Å². The predicted octanol–water partition coefficient (Wildman–Crippen LogP) is 1.52. The van der Waals surface area contributed by atoms with Gasteiger partial charge < -0.3 is 8.06 Å². The third-order valence-electron chi connectivity index (χ3n) is 0.803. The molecule has 6 heteroatoms. The first-order valence-corrected chi connectivity index (χ1v) is 2.58. The van der Waals surface area contributed by atoms with Gasteiger partial charge in [-0.05, 0) is 12.1 Å². The molecule has 0 atom stereocenters. The van der Waals surface area contributed by atoms with E-state index in [4.69, 9.17) is 5.21 Å². The van der Waals surface area contributed by atoms with Crippen molar-refractivity contribution in [3.63, 3.8) is 0 Å². The average Bonchev–Trinajstić information content (AvgIpc) is 1.77. The quantitative estimate of drug-likeness (QED) is 0.408. The Morgan fingerprint density at radius 3 is 2.18 bits per heavy atom. The number of pyridine rings is 1. The summed E-state index contributed by atoms with van der Waals surface area (Å²) in [5.74, 6) is 0. The summed E-state index contributed by atoms with van der Waals surface area (Å²) >= 11 is 4.67. The molecule has 1 N–H and O–H groups in total. The van der Waals surface area contributed by atoms with E-state index >= 15 is 0 Å². The minimum atomic E-state index is 0. The van der Waals surface area contributed by atoms with E-state index in [9.17, 15) is 0 Å². The van der Waals surface area contributed by atoms with Gasteiger partial charge in [-0.3, -0.25) is 0 Å². The second-order valence-corrected chi connectivity index (χ2v) is 1.80. The summed E-state index contributed by atoms with van der Waals surface area (Å²) in [6, 6.07) is 5.13. The van der Waals surface area contributed by atoms with E-state index in [0.29, 0.717) is 4.64 Å². The van der Waals surface area contributed by atoms with Crippen LogP contribution < -0.4 is 0 Å². The molecule has 0 aliphatic rings. The number of hydrogen-bond acceptors (Lipinski definition) is 2. The minimum absolute atomic E-state index is 0. The van der Waals surface area contributed by atoms with E-state index in [1.807, 2.05) is 0 Å². The molecule has 0 fully saturated rings. The van der Waals surface area contributed by atoms with Gasteiger partial charge in [0.15, 0.2) is 0 Å². The molecular formula is C5H11MgNOS3. The van der Waals surface area contributed by atoms with Gasteiger partial charge >= 0.3 is 23.1 Å². The summed E-state index contributed by atoms with van der Waals surface area (Å²) in [6.07, 6.45) is 1.49. The van der Waals surface area contributed by atoms with Crippen molar-refractivity contribution in [2.24, 2.45) is 0 Å². The monoisotopic (exact) mass is 221 g/mol. The Balaban J connectivity index is -0.0000000427. The fourth-order valence-electron chi connectivity index (χ4n) is 0.419. The normalized spacial score (nSPS) is 6.55. The van der Waals surface area contributed by atoms with E-state index in [1.165, 1.54) is 6.20 Å². The fourth-order valence-corrected chi connectivity index (χ4v) is 0.558. The van der Waals surface area contributed by atoms with Crippen molar-refractivity contribution in [1.29, 1.82) is 0 Å². The number of aromatic nitrogens is 1. The fraction of sp³-hybridized carbons (Fsp3) is 0. The van der Waals surface area contributed by atoms with Crippen LogP contribution in [0.15, 0.2) is 24.4 Å². The smallest absolute Gasteiger partial charge is 1.00 e. The van der Waals surface area contributed by atoms with Crippen molar-refractivity contribution in [3.8, 4) is 0 Å². The molecule has 0 unspecified atom stereocenters. The summed E-state index contributed by atoms with van der Waals surface area (Å²) in [7, 11) is 0. The third-order valence-corrected chi connectivity index (χ3v) is 1.13. The van der Waals surface area contributed by atoms with Gasteiger partial charge in [0.25, 0.3) is 0 Å². The molecule has 0 aliphatic carbocycles. The van der Waals surface area contributed by atoms with E-state index < -0.39 is 0 Å². The van der Waals surface area contributed by atoms with Gasteiger partial charge in [0.2, 0.25) is 0 Å². The van der Waals surface area contributed by atoms with Crippen molar-refractivity contribution < 1.29 is 8.06 Å². The molecule has 0 aliphatic heterocycles. The van der Waals surface area contributed by atoms with Crippen LogP contribution in [0.25, 0.3) is 0 Å². The van der Waals surface area contributed by atoms with Gasteiger partial charge in [-0.15, -0.1) is 0 Å². The van der Waals surface area contributed by atoms with E-state index in [0.717, 1.165) is 4.73 Å². The Bertz CT molecular complexity index is 247. The van der Waals surface area contributed by atoms with Crippen LogP contribution in [0, 0.1) is 4.64 Å². The zero-order chi connectivity index (χ0) is 5.98. The van der Waals surface area contributed by atoms with Gasteiger partial charge in [-0.2, -0.15) is 31.7 Å². The Hall–Kier alpha value is 0.636. The zero-order valence-corrected chi connectivity index (χ0v) is 10.0. The Kier molecular flexibility index (Phi) is 14.0. The summed E-state index contributed by atoms with van der Waals surface area (Å²) in [5.41, 5.74) is 0. The first-order valence-electron chi connectivity index (χ1n) is 2.17. The topological polar surface area (TPSA) is 25.2 Å². The van der Waals surface area contributed by atoms with Crippen LogP contribution in [0.3, 0.4) is 0 Å². The number of rotatable bonds is 0. The zero-order valence-electron chi connectivity index (χ0n) is 7.82. The summed E-state index contributed by atoms with van der Waals surface area (Å²) in [6.45, 7) is 0. The molecule has 62 valence electrons. The Morgan fingerprint density at radius 1 is 1.36 bits per heavy atom. The molecule has 0 saturated heterocycles. The largest absolute Gasteiger partial charge is 2.00 e. The average molecular weight is 222 g/mol. The van der Waals surface area contributed by atoms with Crippen molar-refractivity contribution in [1.82, 2.24) is 4.73 Å². The molecule has 0 radical (unpaired) electrons. The van der Waals surface area contributed by atoms with Crippen molar-refractivity contribution >= 4 is 62.3 Å². The van der Waals surface area contributed by atoms with Crippen LogP contribution in [-0.4, -0.2) is 33.0 Å². The number of hydrogen-bond donors (Lipinski definition) is 1. The van der Waals surface area contributed by atoms with E-state index in [2.05, 4.69) is 12.2 Å². The van der Waals surface area contributed by atoms with Crippen LogP contribution >= 0.6 is 39.2 Å². The molecule has 0 amide bonds. The first-order chi connectivity index (χ1) is 3.80. The maximum Gasteiger partial charge on any atom is 2.00 e. The minimum Gasteiger partial charge on any atom is -1.00 e. The molecule has 2 nitrogen and oxygen atoms in total. The molecule has 1 aromatic rings. The number of nitrogens with zero attached hydrogens (tertiary/aromatic N) is 1. The van der Waals surface area contributed by atoms with Gasteiger partial charge in [0.05, 0.1) is 0 Å². The third kappa shape index (κ3) is 5.86. The SMILES string of the molecule is On1ccccc1=S.S.S.[H-].[H-].[Mg+2]. The molecule has 1 aromatic heterocycles. The van der Waals surface area contributed by atoms with Crippen LogP contribution in [0.5, 0.6) is 0 Å². The summed E-state index contributed by atoms with van der Waals surface area (Å²) < 4.78 is 1.32. The van der Waals surface area contributed by atoms with Gasteiger partial charge in [0, 0.05) is 6.20 Å². The van der Waals surface area contributed by atoms with Crippen molar-refractivity contribution in [2.75, 3.05) is 0 Å². The molecule has 1 heterocycles. The first kappa shape index (κ1) is 17.6. The molecule has 0 bridgehead atoms. The summed E-state index contributed by atoms with van der Waals surface area (Å²) in [5, 5.41) is 8.73. The molecule has 0 spiro atoms. The van der Waals surface area contributed by atoms with Crippen LogP contribution in [0.1, 0.15) is 2.85 Å². The van der Waals surface area contributed by atoms with Crippen LogP contribution in [0.4, 0.5) is 0 Å². The molecule has 11 heavy (non-hydrogen) atoms. The van der Waals surface area contributed by atoms with E-state index in [-0.39, 0.29) is 52.9 Å². The van der Waals surface area contributed by atoms with Gasteiger partial charge in [0.1, 0.15) is 4.64 Å². The molecular weight excluding hydrogens is 211 g/mol. The predicted molar refractivity (Wildman–Crippen MR) is 61.2 cm³/mol. The molecule has 0 saturated carbocycles. The molecule has 1 rings (SSSR count). The maximum atomic E-state index is 8.73.